The van der Waals surface area contributed by atoms with Gasteiger partial charge in [-0.05, 0) is 44.2 Å². The molecule has 10 heteroatoms. The Morgan fingerprint density at radius 3 is 2.48 bits per heavy atom. The Bertz CT molecular complexity index is 1230. The monoisotopic (exact) mass is 462 g/mol. The molecule has 1 atom stereocenters. The summed E-state index contributed by atoms with van der Waals surface area (Å²) in [6, 6.07) is 4.06. The Morgan fingerprint density at radius 2 is 1.79 bits per heavy atom. The summed E-state index contributed by atoms with van der Waals surface area (Å²) in [6.07, 6.45) is -2.27. The summed E-state index contributed by atoms with van der Waals surface area (Å²) in [6.45, 7) is 4.32. The number of hydrogen-bond donors (Lipinski definition) is 1. The van der Waals surface area contributed by atoms with Gasteiger partial charge in [-0.2, -0.15) is 13.2 Å². The third-order valence-corrected chi connectivity index (χ3v) is 5.57. The van der Waals surface area contributed by atoms with Crippen LogP contribution in [0.15, 0.2) is 42.7 Å². The van der Waals surface area contributed by atoms with Gasteiger partial charge in [-0.1, -0.05) is 0 Å². The number of alkyl halides is 3. The van der Waals surface area contributed by atoms with Crippen molar-refractivity contribution in [1.82, 2.24) is 14.9 Å². The first kappa shape index (κ1) is 22.6. The molecule has 1 aromatic carbocycles. The van der Waals surface area contributed by atoms with Crippen molar-refractivity contribution in [2.24, 2.45) is 0 Å². The highest BCUT2D eigenvalue weighted by molar-refractivity contribution is 5.99. The van der Waals surface area contributed by atoms with E-state index in [-0.39, 0.29) is 22.7 Å². The predicted molar refractivity (Wildman–Crippen MR) is 111 cm³/mol. The summed E-state index contributed by atoms with van der Waals surface area (Å²) in [4.78, 5) is 22.0. The zero-order valence-corrected chi connectivity index (χ0v) is 17.7. The Hall–Kier alpha value is -3.56. The smallest absolute Gasteiger partial charge is 0.363 e. The molecule has 0 aliphatic carbocycles. The minimum atomic E-state index is -4.64. The predicted octanol–water partition coefficient (Wildman–Crippen LogP) is 5.59. The number of amides is 1. The highest BCUT2D eigenvalue weighted by atomic mass is 19.4. The second kappa shape index (κ2) is 8.42. The molecule has 3 heterocycles. The third kappa shape index (κ3) is 4.24. The van der Waals surface area contributed by atoms with Gasteiger partial charge in [0.1, 0.15) is 17.5 Å². The van der Waals surface area contributed by atoms with E-state index in [1.807, 2.05) is 6.92 Å². The number of rotatable bonds is 5. The summed E-state index contributed by atoms with van der Waals surface area (Å²) < 4.78 is 68.7. The molecule has 0 saturated carbocycles. The van der Waals surface area contributed by atoms with Gasteiger partial charge < -0.3 is 10.2 Å². The highest BCUT2D eigenvalue weighted by Crippen LogP contribution is 2.34. The number of fused-ring (bicyclic) bond motifs is 1. The number of halogens is 5. The van der Waals surface area contributed by atoms with E-state index in [1.54, 1.807) is 17.9 Å². The number of carbonyl (C=O) groups excluding carboxylic acids is 1. The lowest BCUT2D eigenvalue weighted by Gasteiger charge is -2.19. The fourth-order valence-corrected chi connectivity index (χ4v) is 3.79. The van der Waals surface area contributed by atoms with Gasteiger partial charge in [0.15, 0.2) is 0 Å². The highest BCUT2D eigenvalue weighted by Gasteiger charge is 2.32. The van der Waals surface area contributed by atoms with E-state index in [0.717, 1.165) is 24.4 Å². The van der Waals surface area contributed by atoms with Crippen LogP contribution in [0, 0.1) is 11.6 Å². The molecule has 33 heavy (non-hydrogen) atoms. The Balaban J connectivity index is 1.64. The zero-order valence-electron chi connectivity index (χ0n) is 17.7. The number of anilines is 1. The average molecular weight is 462 g/mol. The number of benzene rings is 1. The summed E-state index contributed by atoms with van der Waals surface area (Å²) in [5.41, 5.74) is -0.585. The number of nitrogens with one attached hydrogen (secondary N) is 1. The first-order valence-corrected chi connectivity index (χ1v) is 10.2. The Labute approximate surface area is 186 Å². The molecule has 0 bridgehead atoms. The summed E-state index contributed by atoms with van der Waals surface area (Å²) in [5.74, 6) is -1.47. The zero-order chi connectivity index (χ0) is 23.9. The van der Waals surface area contributed by atoms with E-state index in [9.17, 15) is 26.7 Å². The lowest BCUT2D eigenvalue weighted by atomic mass is 10.0. The fraction of sp³-hybridized carbons (Fsp3) is 0.261. The molecule has 1 N–H and O–H groups in total. The lowest BCUT2D eigenvalue weighted by molar-refractivity contribution is -0.137. The largest absolute Gasteiger partial charge is 0.416 e. The normalized spacial score (nSPS) is 14.4. The quantitative estimate of drug-likeness (QED) is 0.503. The number of hydrogen-bond acceptors (Lipinski definition) is 4. The SMILES string of the molecule is CCN1Cc2c(ccnc2N[C@@H](C)c2cc(F)c(-c3cc(C(F)(F)F)ccn3)cc2F)C1=O. The van der Waals surface area contributed by atoms with Crippen LogP contribution in [0.25, 0.3) is 11.3 Å². The van der Waals surface area contributed by atoms with Crippen molar-refractivity contribution in [1.29, 1.82) is 0 Å². The van der Waals surface area contributed by atoms with Crippen molar-refractivity contribution in [2.75, 3.05) is 11.9 Å². The number of carbonyl (C=O) groups is 1. The number of pyridine rings is 2. The molecule has 0 spiro atoms. The second-order valence-corrected chi connectivity index (χ2v) is 7.65. The number of nitrogens with zero attached hydrogens (tertiary/aromatic N) is 3. The molecule has 172 valence electrons. The molecule has 5 nitrogen and oxygen atoms in total. The standard InChI is InChI=1S/C23H19F5N4O/c1-3-32-11-17-14(22(32)33)5-7-30-21(17)31-12(2)15-9-19(25)16(10-18(15)24)20-8-13(4-6-29-20)23(26,27)28/h4-10,12H,3,11H2,1-2H3,(H,30,31)/t12-/m0/s1. The maximum absolute atomic E-state index is 14.9. The topological polar surface area (TPSA) is 58.1 Å². The van der Waals surface area contributed by atoms with E-state index in [4.69, 9.17) is 0 Å². The van der Waals surface area contributed by atoms with Crippen molar-refractivity contribution in [3.05, 3.63) is 76.6 Å². The van der Waals surface area contributed by atoms with Gasteiger partial charge in [-0.25, -0.2) is 13.8 Å². The van der Waals surface area contributed by atoms with E-state index in [0.29, 0.717) is 36.1 Å². The van der Waals surface area contributed by atoms with Crippen molar-refractivity contribution in [2.45, 2.75) is 32.6 Å². The third-order valence-electron chi connectivity index (χ3n) is 5.57. The Kier molecular flexibility index (Phi) is 5.77. The maximum atomic E-state index is 14.9. The van der Waals surface area contributed by atoms with Gasteiger partial charge >= 0.3 is 6.18 Å². The summed E-state index contributed by atoms with van der Waals surface area (Å²) in [5, 5.41) is 3.02. The maximum Gasteiger partial charge on any atom is 0.416 e. The molecule has 3 aromatic rings. The van der Waals surface area contributed by atoms with E-state index >= 15 is 0 Å². The molecular weight excluding hydrogens is 443 g/mol. The van der Waals surface area contributed by atoms with Crippen LogP contribution >= 0.6 is 0 Å². The lowest BCUT2D eigenvalue weighted by Crippen LogP contribution is -2.22. The van der Waals surface area contributed by atoms with Gasteiger partial charge in [-0.3, -0.25) is 9.78 Å². The summed E-state index contributed by atoms with van der Waals surface area (Å²) >= 11 is 0. The van der Waals surface area contributed by atoms with Crippen LogP contribution in [0.4, 0.5) is 27.8 Å². The van der Waals surface area contributed by atoms with Crippen molar-refractivity contribution >= 4 is 11.7 Å². The van der Waals surface area contributed by atoms with E-state index in [2.05, 4.69) is 15.3 Å². The molecule has 0 unspecified atom stereocenters. The molecule has 0 fully saturated rings. The number of aromatic nitrogens is 2. The molecular formula is C23H19F5N4O. The van der Waals surface area contributed by atoms with Crippen LogP contribution in [0.5, 0.6) is 0 Å². The van der Waals surface area contributed by atoms with Gasteiger partial charge in [0.2, 0.25) is 0 Å². The fourth-order valence-electron chi connectivity index (χ4n) is 3.79. The van der Waals surface area contributed by atoms with Gasteiger partial charge in [-0.15, -0.1) is 0 Å². The molecule has 0 saturated heterocycles. The minimum absolute atomic E-state index is 0.0423. The van der Waals surface area contributed by atoms with Crippen LogP contribution in [0.3, 0.4) is 0 Å². The van der Waals surface area contributed by atoms with Crippen LogP contribution < -0.4 is 5.32 Å². The van der Waals surface area contributed by atoms with Gasteiger partial charge in [0.05, 0.1) is 23.8 Å². The molecule has 1 amide bonds. The van der Waals surface area contributed by atoms with Crippen LogP contribution in [0.2, 0.25) is 0 Å². The Morgan fingerprint density at radius 1 is 1.06 bits per heavy atom. The minimum Gasteiger partial charge on any atom is -0.363 e. The second-order valence-electron chi connectivity index (χ2n) is 7.65. The van der Waals surface area contributed by atoms with Crippen LogP contribution in [-0.4, -0.2) is 27.3 Å². The molecule has 0 radical (unpaired) electrons. The molecule has 1 aliphatic heterocycles. The summed E-state index contributed by atoms with van der Waals surface area (Å²) in [7, 11) is 0. The van der Waals surface area contributed by atoms with Crippen molar-refractivity contribution in [3.8, 4) is 11.3 Å². The van der Waals surface area contributed by atoms with E-state index in [1.165, 1.54) is 6.20 Å². The molecule has 4 rings (SSSR count). The first-order chi connectivity index (χ1) is 15.6. The van der Waals surface area contributed by atoms with Crippen molar-refractivity contribution in [3.63, 3.8) is 0 Å². The van der Waals surface area contributed by atoms with Gasteiger partial charge in [0.25, 0.3) is 5.91 Å². The van der Waals surface area contributed by atoms with Crippen molar-refractivity contribution < 1.29 is 26.7 Å². The van der Waals surface area contributed by atoms with E-state index < -0.39 is 29.4 Å². The average Bonchev–Trinajstić information content (AvgIpc) is 3.11. The van der Waals surface area contributed by atoms with Crippen LogP contribution in [0.1, 0.15) is 46.9 Å². The first-order valence-electron chi connectivity index (χ1n) is 10.2. The van der Waals surface area contributed by atoms with Crippen LogP contribution in [-0.2, 0) is 12.7 Å². The molecule has 1 aliphatic rings. The van der Waals surface area contributed by atoms with Gasteiger partial charge in [0, 0.05) is 41.2 Å². The molecule has 2 aromatic heterocycles.